The molecule has 1 atom stereocenters. The van der Waals surface area contributed by atoms with E-state index in [0.717, 1.165) is 0 Å². The summed E-state index contributed by atoms with van der Waals surface area (Å²) < 4.78 is 10.7. The fraction of sp³-hybridized carbons (Fsp3) is 0.333. The smallest absolute Gasteiger partial charge is 0.279 e. The third-order valence-electron chi connectivity index (χ3n) is 4.63. The number of nitrogens with one attached hydrogen (secondary N) is 1. The second-order valence-electron chi connectivity index (χ2n) is 6.98. The van der Waals surface area contributed by atoms with E-state index in [4.69, 9.17) is 9.47 Å². The summed E-state index contributed by atoms with van der Waals surface area (Å²) in [7, 11) is 0. The number of hydrogen-bond acceptors (Lipinski definition) is 4. The van der Waals surface area contributed by atoms with Gasteiger partial charge in [-0.1, -0.05) is 44.2 Å². The molecule has 1 amide bonds. The maximum Gasteiger partial charge on any atom is 0.279 e. The zero-order valence-corrected chi connectivity index (χ0v) is 15.8. The van der Waals surface area contributed by atoms with Crippen LogP contribution in [-0.2, 0) is 4.79 Å². The van der Waals surface area contributed by atoms with Crippen molar-refractivity contribution in [1.82, 2.24) is 0 Å². The average molecular weight is 369 g/mol. The number of nitrogens with two attached hydrogens (primary N) is 1. The molecule has 0 bridgehead atoms. The van der Waals surface area contributed by atoms with Gasteiger partial charge in [0.05, 0.1) is 5.69 Å². The van der Waals surface area contributed by atoms with Crippen LogP contribution in [0, 0.1) is 5.92 Å². The minimum Gasteiger partial charge on any atom is -0.454 e. The molecule has 0 fully saturated rings. The van der Waals surface area contributed by atoms with Crippen molar-refractivity contribution in [2.24, 2.45) is 5.92 Å². The van der Waals surface area contributed by atoms with Crippen molar-refractivity contribution in [1.29, 1.82) is 0 Å². The molecule has 6 heteroatoms. The summed E-state index contributed by atoms with van der Waals surface area (Å²) in [5, 5.41) is 4.86. The molecule has 27 heavy (non-hydrogen) atoms. The van der Waals surface area contributed by atoms with Gasteiger partial charge >= 0.3 is 0 Å². The number of amides is 1. The molecule has 3 N–H and O–H groups in total. The van der Waals surface area contributed by atoms with Gasteiger partial charge in [0, 0.05) is 23.1 Å². The lowest BCUT2D eigenvalue weighted by molar-refractivity contribution is -0.692. The summed E-state index contributed by atoms with van der Waals surface area (Å²) in [6.45, 7) is 6.10. The molecule has 0 saturated carbocycles. The second-order valence-corrected chi connectivity index (χ2v) is 6.98. The normalized spacial score (nSPS) is 13.5. The Morgan fingerprint density at radius 1 is 1.11 bits per heavy atom. The summed E-state index contributed by atoms with van der Waals surface area (Å²) in [4.78, 5) is 24.5. The Labute approximate surface area is 158 Å². The van der Waals surface area contributed by atoms with Crippen LogP contribution < -0.4 is 20.1 Å². The molecule has 0 saturated heterocycles. The highest BCUT2D eigenvalue weighted by Crippen LogP contribution is 2.37. The molecule has 0 unspecified atom stereocenters. The van der Waals surface area contributed by atoms with Gasteiger partial charge in [-0.25, -0.2) is 0 Å². The van der Waals surface area contributed by atoms with E-state index >= 15 is 0 Å². The van der Waals surface area contributed by atoms with Crippen LogP contribution in [0.15, 0.2) is 42.5 Å². The Kier molecular flexibility index (Phi) is 5.76. The Morgan fingerprint density at radius 3 is 2.41 bits per heavy atom. The zero-order valence-electron chi connectivity index (χ0n) is 15.8. The van der Waals surface area contributed by atoms with Crippen LogP contribution in [0.1, 0.15) is 42.7 Å². The van der Waals surface area contributed by atoms with Crippen molar-refractivity contribution in [3.8, 4) is 11.5 Å². The number of carbonyl (C=O) groups excluding carboxylic acids is 2. The van der Waals surface area contributed by atoms with Crippen molar-refractivity contribution >= 4 is 17.4 Å². The molecule has 2 aromatic carbocycles. The van der Waals surface area contributed by atoms with Gasteiger partial charge in [-0.15, -0.1) is 0 Å². The van der Waals surface area contributed by atoms with Gasteiger partial charge in [0.2, 0.25) is 6.79 Å². The van der Waals surface area contributed by atoms with E-state index in [0.29, 0.717) is 28.7 Å². The summed E-state index contributed by atoms with van der Waals surface area (Å²) in [6, 6.07) is 13.6. The minimum absolute atomic E-state index is 0.116. The van der Waals surface area contributed by atoms with Crippen LogP contribution in [0.3, 0.4) is 0 Å². The van der Waals surface area contributed by atoms with Crippen LogP contribution in [-0.4, -0.2) is 25.0 Å². The second kappa shape index (κ2) is 8.22. The molecule has 0 aromatic heterocycles. The lowest BCUT2D eigenvalue weighted by Crippen LogP contribution is -2.88. The van der Waals surface area contributed by atoms with Gasteiger partial charge in [-0.3, -0.25) is 9.59 Å². The third kappa shape index (κ3) is 4.46. The number of quaternary nitrogens is 1. The predicted octanol–water partition coefficient (Wildman–Crippen LogP) is 2.52. The summed E-state index contributed by atoms with van der Waals surface area (Å²) in [5.74, 6) is 1.12. The van der Waals surface area contributed by atoms with Crippen LogP contribution in [0.4, 0.5) is 5.69 Å². The number of anilines is 1. The molecule has 0 aliphatic carbocycles. The molecule has 3 rings (SSSR count). The quantitative estimate of drug-likeness (QED) is 0.735. The molecule has 1 aliphatic rings. The van der Waals surface area contributed by atoms with E-state index in [1.54, 1.807) is 12.1 Å². The topological polar surface area (TPSA) is 81.2 Å². The van der Waals surface area contributed by atoms with Crippen LogP contribution in [0.25, 0.3) is 0 Å². The highest BCUT2D eigenvalue weighted by Gasteiger charge is 2.23. The average Bonchev–Trinajstić information content (AvgIpc) is 3.09. The van der Waals surface area contributed by atoms with Crippen LogP contribution >= 0.6 is 0 Å². The van der Waals surface area contributed by atoms with Gasteiger partial charge < -0.3 is 20.1 Å². The van der Waals surface area contributed by atoms with E-state index in [1.165, 1.54) is 12.5 Å². The lowest BCUT2D eigenvalue weighted by atomic mass is 9.96. The van der Waals surface area contributed by atoms with E-state index in [-0.39, 0.29) is 31.1 Å². The third-order valence-corrected chi connectivity index (χ3v) is 4.63. The van der Waals surface area contributed by atoms with Crippen molar-refractivity contribution in [3.05, 3.63) is 53.6 Å². The maximum atomic E-state index is 12.5. The fourth-order valence-corrected chi connectivity index (χ4v) is 3.24. The first-order chi connectivity index (χ1) is 13.0. The zero-order chi connectivity index (χ0) is 19.4. The summed E-state index contributed by atoms with van der Waals surface area (Å²) in [6.07, 6.45) is 0. The molecule has 0 radical (unpaired) electrons. The standard InChI is InChI=1S/C21H24N2O4/c1-13(2)21(15-7-5-4-6-8-15)22-11-20(25)23-17-10-19-18(26-12-27-19)9-16(17)14(3)24/h4-10,13,21-22H,11-12H2,1-3H3,(H,23,25)/p+1/t21-/m1/s1. The number of Topliss-reactive ketones (excluding diaryl/α,β-unsaturated/α-hetero) is 1. The van der Waals surface area contributed by atoms with Gasteiger partial charge in [0.25, 0.3) is 5.91 Å². The highest BCUT2D eigenvalue weighted by molar-refractivity contribution is 6.04. The summed E-state index contributed by atoms with van der Waals surface area (Å²) in [5.41, 5.74) is 2.05. The van der Waals surface area contributed by atoms with Gasteiger partial charge in [-0.05, 0) is 13.0 Å². The van der Waals surface area contributed by atoms with E-state index in [1.807, 2.05) is 23.5 Å². The Morgan fingerprint density at radius 2 is 1.78 bits per heavy atom. The monoisotopic (exact) mass is 369 g/mol. The van der Waals surface area contributed by atoms with E-state index < -0.39 is 0 Å². The van der Waals surface area contributed by atoms with Gasteiger partial charge in [0.1, 0.15) is 6.04 Å². The first-order valence-electron chi connectivity index (χ1n) is 9.08. The molecule has 2 aromatic rings. The Bertz CT molecular complexity index is 834. The van der Waals surface area contributed by atoms with E-state index in [9.17, 15) is 9.59 Å². The molecule has 0 spiro atoms. The number of benzene rings is 2. The van der Waals surface area contributed by atoms with Gasteiger partial charge in [-0.2, -0.15) is 0 Å². The van der Waals surface area contributed by atoms with Crippen molar-refractivity contribution in [2.45, 2.75) is 26.8 Å². The highest BCUT2D eigenvalue weighted by atomic mass is 16.7. The SMILES string of the molecule is CC(=O)c1cc2c(cc1NC(=O)C[NH2+][C@@H](c1ccccc1)C(C)C)OCO2. The minimum atomic E-state index is -0.169. The van der Waals surface area contributed by atoms with Crippen molar-refractivity contribution < 1.29 is 24.4 Å². The molecular weight excluding hydrogens is 344 g/mol. The summed E-state index contributed by atoms with van der Waals surface area (Å²) >= 11 is 0. The first kappa shape index (κ1) is 18.9. The van der Waals surface area contributed by atoms with Gasteiger partial charge in [0.15, 0.2) is 23.8 Å². The molecule has 142 valence electrons. The maximum absolute atomic E-state index is 12.5. The Hall–Kier alpha value is -2.86. The largest absolute Gasteiger partial charge is 0.454 e. The number of carbonyl (C=O) groups is 2. The predicted molar refractivity (Wildman–Crippen MR) is 102 cm³/mol. The molecular formula is C21H25N2O4+. The first-order valence-corrected chi connectivity index (χ1v) is 9.08. The number of ether oxygens (including phenoxy) is 2. The molecule has 1 aliphatic heterocycles. The van der Waals surface area contributed by atoms with Crippen LogP contribution in [0.5, 0.6) is 11.5 Å². The van der Waals surface area contributed by atoms with Crippen molar-refractivity contribution in [3.63, 3.8) is 0 Å². The molecule has 6 nitrogen and oxygen atoms in total. The number of fused-ring (bicyclic) bond motifs is 1. The molecule has 1 heterocycles. The fourth-order valence-electron chi connectivity index (χ4n) is 3.24. The Balaban J connectivity index is 1.70. The van der Waals surface area contributed by atoms with Crippen LogP contribution in [0.2, 0.25) is 0 Å². The van der Waals surface area contributed by atoms with Crippen molar-refractivity contribution in [2.75, 3.05) is 18.7 Å². The van der Waals surface area contributed by atoms with E-state index in [2.05, 4.69) is 31.3 Å². The number of ketones is 1. The number of hydrogen-bond donors (Lipinski definition) is 2. The lowest BCUT2D eigenvalue weighted by Gasteiger charge is -2.19. The number of rotatable bonds is 7.